The standard InChI is InChI=1S/C77H143O45P5/c1-50-60(41-78)118-74(51(2)69(50)85)103-44-54(81)26-17-11-8-14-20-29-100-66-38-57(84)63(115-66)47-112-123(90,91)108-34-24-36-110-126(96,97)122-59-40-68(102-31-22-16-10-13-19-28-56(83)46-105-76-53(4)71(87)73(89)62(43-80)120-76)117-65(59)49-114-125(94,95)109-35-25-37-111-127(98,99)121-58-39-67(116-64(58)48-113-124(92,93)107-33-23-32-106-77(5,6)7)101-30-21-15-9-12-18-27-55(82)45-104-75-52(3)70(86)72(88)61(42-79)119-75/h50-53,57-76,78-80,84-89H,8-49H2,1-7H3,(H,90,91)(H,92,93)(H,94,95)(H,96,97)(H,98,99)/p-5/t50-,51?,52?,53?,57+,58+,59+,60?,61?,62?,63?,64?,65?,66+,67+,68+,69-,70+,71+,72-,73-,74+,75+,76+/m0/s1. The van der Waals surface area contributed by atoms with Crippen LogP contribution in [0.1, 0.15) is 203 Å². The largest absolute Gasteiger partial charge is 0.756 e. The van der Waals surface area contributed by atoms with Gasteiger partial charge in [-0.15, -0.1) is 0 Å². The zero-order valence-electron chi connectivity index (χ0n) is 73.5. The maximum absolute atomic E-state index is 13.3. The van der Waals surface area contributed by atoms with Gasteiger partial charge in [-0.3, -0.25) is 37.2 Å². The molecule has 0 aromatic carbocycles. The Bertz CT molecular complexity index is 3350. The monoisotopic (exact) mass is 1940 g/mol. The number of phosphoric acid groups is 5. The van der Waals surface area contributed by atoms with Gasteiger partial charge in [0.15, 0.2) is 55.1 Å². The number of aliphatic hydroxyl groups is 9. The zero-order valence-corrected chi connectivity index (χ0v) is 78.0. The zero-order chi connectivity index (χ0) is 93.6. The van der Waals surface area contributed by atoms with E-state index < -0.39 is 246 Å². The highest BCUT2D eigenvalue weighted by Gasteiger charge is 2.47. The fourth-order valence-corrected chi connectivity index (χ4v) is 18.4. The number of unbranched alkanes of at least 4 members (excludes halogenated alkanes) is 12. The molecule has 6 saturated heterocycles. The number of aliphatic hydroxyl groups excluding tert-OH is 9. The molecule has 9 N–H and O–H groups in total. The Hall–Kier alpha value is -1.32. The average Bonchev–Trinajstić information content (AvgIpc) is 1.82. The summed E-state index contributed by atoms with van der Waals surface area (Å²) in [4.78, 5) is 103. The van der Waals surface area contributed by atoms with Gasteiger partial charge in [-0.2, -0.15) is 0 Å². The lowest BCUT2D eigenvalue weighted by Gasteiger charge is -2.41. The van der Waals surface area contributed by atoms with Crippen LogP contribution in [0.2, 0.25) is 0 Å². The first-order valence-electron chi connectivity index (χ1n) is 43.8. The van der Waals surface area contributed by atoms with E-state index in [0.717, 1.165) is 19.3 Å². The Morgan fingerprint density at radius 3 is 0.976 bits per heavy atom. The summed E-state index contributed by atoms with van der Waals surface area (Å²) >= 11 is 0. The van der Waals surface area contributed by atoms with Gasteiger partial charge in [0.25, 0.3) is 39.1 Å². The average molecular weight is 1940 g/mol. The van der Waals surface area contributed by atoms with Crippen molar-refractivity contribution >= 4 is 56.5 Å². The fraction of sp³-hybridized carbons (Fsp3) is 0.961. The topological polar surface area (TPSA) is 646 Å². The molecule has 50 heteroatoms. The minimum atomic E-state index is -5.35. The van der Waals surface area contributed by atoms with Gasteiger partial charge >= 0.3 is 0 Å². The molecular formula is C77H138O45P5-5. The lowest BCUT2D eigenvalue weighted by atomic mass is 9.86. The van der Waals surface area contributed by atoms with E-state index in [2.05, 4.69) is 0 Å². The summed E-state index contributed by atoms with van der Waals surface area (Å²) in [5.41, 5.74) is -0.499. The van der Waals surface area contributed by atoms with Crippen LogP contribution in [0, 0.1) is 23.7 Å². The van der Waals surface area contributed by atoms with E-state index in [-0.39, 0.29) is 140 Å². The van der Waals surface area contributed by atoms with Crippen LogP contribution >= 0.6 is 39.1 Å². The first-order valence-corrected chi connectivity index (χ1v) is 51.1. The van der Waals surface area contributed by atoms with E-state index in [1.807, 2.05) is 20.8 Å². The van der Waals surface area contributed by atoms with E-state index in [0.29, 0.717) is 77.0 Å². The van der Waals surface area contributed by atoms with Crippen molar-refractivity contribution in [2.75, 3.05) is 119 Å². The summed E-state index contributed by atoms with van der Waals surface area (Å²) in [7, 11) is -26.1. The molecule has 746 valence electrons. The van der Waals surface area contributed by atoms with Crippen molar-refractivity contribution in [2.45, 2.75) is 331 Å². The van der Waals surface area contributed by atoms with E-state index in [9.17, 15) is 108 Å². The highest BCUT2D eigenvalue weighted by atomic mass is 31.2. The summed E-state index contributed by atoms with van der Waals surface area (Å²) in [6.45, 7) is 4.99. The molecule has 0 radical (unpaired) electrons. The minimum Gasteiger partial charge on any atom is -0.756 e. The molecule has 0 aromatic heterocycles. The summed E-state index contributed by atoms with van der Waals surface area (Å²) < 4.78 is 190. The van der Waals surface area contributed by atoms with Crippen LogP contribution in [0.25, 0.3) is 0 Å². The number of Topliss-reactive ketones (excluding diaryl/α,β-unsaturated/α-hetero) is 3. The molecule has 6 rings (SSSR count). The van der Waals surface area contributed by atoms with Gasteiger partial charge in [0.05, 0.1) is 121 Å². The molecule has 0 spiro atoms. The molecule has 0 amide bonds. The number of hydrogen-bond acceptors (Lipinski definition) is 45. The Kier molecular flexibility index (Phi) is 52.6. The van der Waals surface area contributed by atoms with E-state index in [4.69, 9.17) is 107 Å². The van der Waals surface area contributed by atoms with Crippen molar-refractivity contribution in [1.82, 2.24) is 0 Å². The van der Waals surface area contributed by atoms with E-state index in [1.165, 1.54) is 0 Å². The van der Waals surface area contributed by atoms with Crippen molar-refractivity contribution in [2.24, 2.45) is 23.7 Å². The molecule has 45 nitrogen and oxygen atoms in total. The van der Waals surface area contributed by atoms with Crippen molar-refractivity contribution in [3.05, 3.63) is 0 Å². The molecule has 0 saturated carbocycles. The van der Waals surface area contributed by atoms with Crippen LogP contribution in [0.4, 0.5) is 0 Å². The highest BCUT2D eigenvalue weighted by molar-refractivity contribution is 7.47. The third kappa shape index (κ3) is 43.9. The maximum atomic E-state index is 13.3. The number of carbonyl (C=O) groups excluding carboxylic acids is 3. The van der Waals surface area contributed by atoms with Gasteiger partial charge in [-0.25, -0.2) is 0 Å². The fourth-order valence-electron chi connectivity index (χ4n) is 14.2. The van der Waals surface area contributed by atoms with Crippen LogP contribution < -0.4 is 24.5 Å². The predicted molar refractivity (Wildman–Crippen MR) is 429 cm³/mol. The summed E-state index contributed by atoms with van der Waals surface area (Å²) in [6, 6.07) is 0. The van der Waals surface area contributed by atoms with Crippen LogP contribution in [-0.2, 0) is 144 Å². The van der Waals surface area contributed by atoms with Gasteiger partial charge in [0, 0.05) is 88.6 Å². The number of rotatable bonds is 69. The van der Waals surface area contributed by atoms with Gasteiger partial charge in [0.1, 0.15) is 62.5 Å². The second-order valence-corrected chi connectivity index (χ2v) is 40.4. The highest BCUT2D eigenvalue weighted by Crippen LogP contribution is 2.49. The van der Waals surface area contributed by atoms with E-state index >= 15 is 0 Å². The van der Waals surface area contributed by atoms with Crippen LogP contribution in [0.3, 0.4) is 0 Å². The smallest absolute Gasteiger partial charge is 0.268 e. The van der Waals surface area contributed by atoms with Gasteiger partial charge in [0.2, 0.25) is 0 Å². The molecule has 6 aliphatic heterocycles. The van der Waals surface area contributed by atoms with Crippen molar-refractivity contribution in [3.8, 4) is 0 Å². The van der Waals surface area contributed by atoms with Crippen LogP contribution in [0.5, 0.6) is 0 Å². The number of ketones is 3. The quantitative estimate of drug-likeness (QED) is 0.0311. The normalized spacial score (nSPS) is 32.6. The number of phosphoric ester groups is 5. The molecule has 14 unspecified atom stereocenters. The Morgan fingerprint density at radius 1 is 0.323 bits per heavy atom. The van der Waals surface area contributed by atoms with Crippen molar-refractivity contribution < 1.29 is 214 Å². The molecule has 29 atom stereocenters. The minimum absolute atomic E-state index is 0.0145. The van der Waals surface area contributed by atoms with Gasteiger partial charge in [-0.05, 0) is 78.6 Å². The predicted octanol–water partition coefficient (Wildman–Crippen LogP) is 2.25. The van der Waals surface area contributed by atoms with Crippen LogP contribution in [0.15, 0.2) is 0 Å². The first-order chi connectivity index (χ1) is 60.0. The van der Waals surface area contributed by atoms with Gasteiger partial charge in [-0.1, -0.05) is 85.5 Å². The molecule has 6 fully saturated rings. The number of ether oxygens (including phenoxy) is 13. The maximum Gasteiger partial charge on any atom is 0.268 e. The third-order valence-corrected chi connectivity index (χ3v) is 26.7. The lowest BCUT2D eigenvalue weighted by molar-refractivity contribution is -0.280. The van der Waals surface area contributed by atoms with Crippen molar-refractivity contribution in [3.63, 3.8) is 0 Å². The Balaban J connectivity index is 0.910. The Labute approximate surface area is 741 Å². The molecule has 0 aromatic rings. The lowest BCUT2D eigenvalue weighted by Crippen LogP contribution is -2.55. The molecule has 127 heavy (non-hydrogen) atoms. The molecule has 6 heterocycles. The number of hydrogen-bond donors (Lipinski definition) is 9. The van der Waals surface area contributed by atoms with Crippen LogP contribution in [-0.4, -0.2) is 311 Å². The Morgan fingerprint density at radius 2 is 0.622 bits per heavy atom. The second-order valence-electron chi connectivity index (χ2n) is 33.5. The SMILES string of the molecule is CC1[C@H](OCC(=O)CCCCCCCO[C@H]2C[C@@H](O)C(COP(=O)([O-])OCCCOP(=O)([O-])O[C@@H]3C[C@H](OCCCCCCCC(=O)CO[C@@H]4OC(CO)[C@H](O)[C@H](O)C4C)OC3COP(=O)([O-])OCCCOP(=O)([O-])O[C@@H]3C[C@H](OCCCCCCCC(=O)CO[C@@H]4OC(CO)[C@H](O)[C@H](O)C4C)OC3COP(=O)([O-])OCCCOC(C)(C)C)O2)OC(CO)[C@H](C)[C@@H]1O. The molecular weight excluding hydrogens is 1800 g/mol. The summed E-state index contributed by atoms with van der Waals surface area (Å²) in [5.74, 6) is -2.59. The number of carbonyl (C=O) groups is 3. The first kappa shape index (κ1) is 114. The van der Waals surface area contributed by atoms with Gasteiger partial charge < -0.3 is 177 Å². The molecule has 0 aliphatic carbocycles. The summed E-state index contributed by atoms with van der Waals surface area (Å²) in [5, 5.41) is 90.4. The third-order valence-electron chi connectivity index (χ3n) is 21.8. The summed E-state index contributed by atoms with van der Waals surface area (Å²) in [6.07, 6.45) is -14.0. The van der Waals surface area contributed by atoms with E-state index in [1.54, 1.807) is 27.7 Å². The second kappa shape index (κ2) is 58.4. The molecule has 6 aliphatic rings. The molecule has 0 bridgehead atoms. The van der Waals surface area contributed by atoms with Crippen molar-refractivity contribution in [1.29, 1.82) is 0 Å².